The van der Waals surface area contributed by atoms with E-state index in [4.69, 9.17) is 14.4 Å². The Morgan fingerprint density at radius 3 is 1.61 bits per heavy atom. The van der Waals surface area contributed by atoms with Crippen molar-refractivity contribution in [2.75, 3.05) is 0 Å². The maximum atomic E-state index is 6.22. The number of para-hydroxylation sites is 1. The molecule has 0 fully saturated rings. The van der Waals surface area contributed by atoms with Crippen molar-refractivity contribution in [3.63, 3.8) is 0 Å². The van der Waals surface area contributed by atoms with E-state index in [0.29, 0.717) is 5.82 Å². The number of fused-ring (bicyclic) bond motifs is 6. The summed E-state index contributed by atoms with van der Waals surface area (Å²) in [5.41, 5.74) is 18.0. The van der Waals surface area contributed by atoms with Crippen LogP contribution >= 0.6 is 0 Å². The van der Waals surface area contributed by atoms with E-state index < -0.39 is 5.41 Å². The molecule has 0 atom stereocenters. The minimum atomic E-state index is -0.502. The minimum Gasteiger partial charge on any atom is -0.456 e. The first-order valence-corrected chi connectivity index (χ1v) is 21.1. The van der Waals surface area contributed by atoms with Crippen LogP contribution in [0.3, 0.4) is 0 Å². The monoisotopic (exact) mass is 790 g/mol. The molecule has 12 rings (SSSR count). The summed E-state index contributed by atoms with van der Waals surface area (Å²) in [7, 11) is 0. The first kappa shape index (κ1) is 35.8. The van der Waals surface area contributed by atoms with Gasteiger partial charge in [-0.25, -0.2) is 9.97 Å². The van der Waals surface area contributed by atoms with Crippen LogP contribution in [0.4, 0.5) is 0 Å². The zero-order valence-corrected chi connectivity index (χ0v) is 33.7. The van der Waals surface area contributed by atoms with E-state index in [-0.39, 0.29) is 0 Å². The van der Waals surface area contributed by atoms with Crippen molar-refractivity contribution >= 4 is 21.9 Å². The second kappa shape index (κ2) is 14.5. The fourth-order valence-corrected chi connectivity index (χ4v) is 9.81. The summed E-state index contributed by atoms with van der Waals surface area (Å²) in [6.45, 7) is 0. The van der Waals surface area contributed by atoms with Crippen molar-refractivity contribution in [3.05, 3.63) is 253 Å². The average molecular weight is 791 g/mol. The van der Waals surface area contributed by atoms with Crippen LogP contribution in [0.2, 0.25) is 0 Å². The molecule has 0 spiro atoms. The van der Waals surface area contributed by atoms with Gasteiger partial charge in [0.05, 0.1) is 16.8 Å². The summed E-state index contributed by atoms with van der Waals surface area (Å²) in [5, 5.41) is 2.15. The van der Waals surface area contributed by atoms with Gasteiger partial charge in [0.25, 0.3) is 0 Å². The molecule has 0 N–H and O–H groups in total. The van der Waals surface area contributed by atoms with Gasteiger partial charge in [0, 0.05) is 27.5 Å². The highest BCUT2D eigenvalue weighted by Gasteiger charge is 2.46. The molecule has 0 saturated carbocycles. The molecule has 11 aromatic rings. The number of rotatable bonds is 7. The Hall–Kier alpha value is -8.14. The summed E-state index contributed by atoms with van der Waals surface area (Å²) < 4.78 is 6.22. The Morgan fingerprint density at radius 1 is 0.323 bits per heavy atom. The molecule has 3 heteroatoms. The second-order valence-corrected chi connectivity index (χ2v) is 16.1. The summed E-state index contributed by atoms with van der Waals surface area (Å²) in [4.78, 5) is 10.6. The SMILES string of the molecule is c1ccc(-c2cc(-c3cc(-c4ccc5oc6ccccc6c5c4)nc(-c4ccccc4)n3)cc(-c3cccc4c3-c3ccccc3C4(c3ccccc3)c3ccccc3)c2)cc1. The van der Waals surface area contributed by atoms with Crippen molar-refractivity contribution in [1.82, 2.24) is 9.97 Å². The van der Waals surface area contributed by atoms with Gasteiger partial charge in [0.15, 0.2) is 5.82 Å². The van der Waals surface area contributed by atoms with Crippen LogP contribution in [0.5, 0.6) is 0 Å². The lowest BCUT2D eigenvalue weighted by atomic mass is 9.67. The molecule has 0 aliphatic heterocycles. The third-order valence-electron chi connectivity index (χ3n) is 12.6. The van der Waals surface area contributed by atoms with Crippen LogP contribution in [-0.2, 0) is 5.41 Å². The van der Waals surface area contributed by atoms with Crippen LogP contribution in [0, 0.1) is 0 Å². The molecule has 2 heterocycles. The van der Waals surface area contributed by atoms with Gasteiger partial charge in [-0.3, -0.25) is 0 Å². The van der Waals surface area contributed by atoms with Gasteiger partial charge in [-0.05, 0) is 104 Å². The Labute approximate surface area is 360 Å². The van der Waals surface area contributed by atoms with E-state index in [9.17, 15) is 0 Å². The predicted octanol–water partition coefficient (Wildman–Crippen LogP) is 15.1. The molecule has 0 amide bonds. The number of hydrogen-bond acceptors (Lipinski definition) is 3. The fraction of sp³-hybridized carbons (Fsp3) is 0.0169. The number of aromatic nitrogens is 2. The van der Waals surface area contributed by atoms with Crippen LogP contribution in [0.25, 0.3) is 89.2 Å². The van der Waals surface area contributed by atoms with E-state index in [0.717, 1.165) is 66.7 Å². The van der Waals surface area contributed by atoms with Crippen molar-refractivity contribution in [3.8, 4) is 67.3 Å². The summed E-state index contributed by atoms with van der Waals surface area (Å²) in [6, 6.07) is 82.4. The Kier molecular flexibility index (Phi) is 8.39. The van der Waals surface area contributed by atoms with Gasteiger partial charge in [0.1, 0.15) is 11.2 Å². The van der Waals surface area contributed by atoms with Gasteiger partial charge in [-0.15, -0.1) is 0 Å². The van der Waals surface area contributed by atoms with Gasteiger partial charge < -0.3 is 4.42 Å². The molecular weight excluding hydrogens is 753 g/mol. The maximum Gasteiger partial charge on any atom is 0.160 e. The third kappa shape index (κ3) is 5.74. The number of benzene rings is 9. The van der Waals surface area contributed by atoms with Gasteiger partial charge in [-0.2, -0.15) is 0 Å². The lowest BCUT2D eigenvalue weighted by Gasteiger charge is -2.34. The molecule has 0 saturated heterocycles. The largest absolute Gasteiger partial charge is 0.456 e. The lowest BCUT2D eigenvalue weighted by molar-refractivity contribution is 0.669. The predicted molar refractivity (Wildman–Crippen MR) is 254 cm³/mol. The molecule has 3 nitrogen and oxygen atoms in total. The van der Waals surface area contributed by atoms with Crippen molar-refractivity contribution in [2.24, 2.45) is 0 Å². The molecule has 1 aliphatic rings. The van der Waals surface area contributed by atoms with Crippen molar-refractivity contribution in [1.29, 1.82) is 0 Å². The van der Waals surface area contributed by atoms with E-state index in [1.165, 1.54) is 38.9 Å². The normalized spacial score (nSPS) is 12.6. The molecule has 62 heavy (non-hydrogen) atoms. The highest BCUT2D eigenvalue weighted by atomic mass is 16.3. The van der Waals surface area contributed by atoms with Crippen LogP contribution in [0.1, 0.15) is 22.3 Å². The quantitative estimate of drug-likeness (QED) is 0.161. The number of hydrogen-bond donors (Lipinski definition) is 0. The maximum absolute atomic E-state index is 6.22. The van der Waals surface area contributed by atoms with E-state index in [2.05, 4.69) is 200 Å². The second-order valence-electron chi connectivity index (χ2n) is 16.1. The van der Waals surface area contributed by atoms with Crippen LogP contribution in [0.15, 0.2) is 235 Å². The average Bonchev–Trinajstić information content (AvgIpc) is 3.88. The number of furan rings is 1. The molecule has 290 valence electrons. The third-order valence-corrected chi connectivity index (χ3v) is 12.6. The lowest BCUT2D eigenvalue weighted by Crippen LogP contribution is -2.28. The van der Waals surface area contributed by atoms with E-state index in [1.54, 1.807) is 0 Å². The summed E-state index contributed by atoms with van der Waals surface area (Å²) in [5.74, 6) is 0.673. The molecule has 9 aromatic carbocycles. The van der Waals surface area contributed by atoms with Gasteiger partial charge >= 0.3 is 0 Å². The van der Waals surface area contributed by atoms with Crippen LogP contribution in [-0.4, -0.2) is 9.97 Å². The first-order valence-electron chi connectivity index (χ1n) is 21.1. The van der Waals surface area contributed by atoms with Crippen molar-refractivity contribution in [2.45, 2.75) is 5.41 Å². The van der Waals surface area contributed by atoms with E-state index >= 15 is 0 Å². The smallest absolute Gasteiger partial charge is 0.160 e. The fourth-order valence-electron chi connectivity index (χ4n) is 9.81. The molecular formula is C59H38N2O. The van der Waals surface area contributed by atoms with Gasteiger partial charge in [0.2, 0.25) is 0 Å². The standard InChI is InChI=1S/C59H38N2O/c1-5-18-39(19-6-1)42-34-43(47-28-17-30-52-57(47)49-27-13-15-29-51(49)59(52,45-22-9-3-10-23-45)46-24-11-4-12-25-46)36-44(35-42)54-38-53(60-58(61-54)40-20-7-2-8-21-40)41-32-33-56-50(37-41)48-26-14-16-31-55(48)62-56/h1-38H. The topological polar surface area (TPSA) is 38.9 Å². The highest BCUT2D eigenvalue weighted by molar-refractivity contribution is 6.06. The molecule has 1 aliphatic carbocycles. The first-order chi connectivity index (χ1) is 30.7. The molecule has 2 aromatic heterocycles. The molecule has 0 radical (unpaired) electrons. The number of nitrogens with zero attached hydrogens (tertiary/aromatic N) is 2. The zero-order chi connectivity index (χ0) is 41.0. The van der Waals surface area contributed by atoms with E-state index in [1.807, 2.05) is 30.3 Å². The Balaban J connectivity index is 1.11. The Bertz CT molecular complexity index is 3410. The molecule has 0 unspecified atom stereocenters. The zero-order valence-electron chi connectivity index (χ0n) is 33.7. The molecule has 0 bridgehead atoms. The summed E-state index contributed by atoms with van der Waals surface area (Å²) in [6.07, 6.45) is 0. The Morgan fingerprint density at radius 2 is 0.871 bits per heavy atom. The van der Waals surface area contributed by atoms with Crippen LogP contribution < -0.4 is 0 Å². The van der Waals surface area contributed by atoms with Gasteiger partial charge in [-0.1, -0.05) is 182 Å². The minimum absolute atomic E-state index is 0.502. The highest BCUT2D eigenvalue weighted by Crippen LogP contribution is 2.58. The summed E-state index contributed by atoms with van der Waals surface area (Å²) >= 11 is 0. The van der Waals surface area contributed by atoms with Crippen molar-refractivity contribution < 1.29 is 4.42 Å².